The van der Waals surface area contributed by atoms with Crippen LogP contribution in [0.2, 0.25) is 0 Å². The summed E-state index contributed by atoms with van der Waals surface area (Å²) in [6, 6.07) is 0. The first kappa shape index (κ1) is 15.6. The normalized spacial score (nSPS) is 25.5. The Bertz CT molecular complexity index is 677. The smallest absolute Gasteiger partial charge is 0.217 e. The van der Waals surface area contributed by atoms with E-state index in [1.54, 1.807) is 4.31 Å². The van der Waals surface area contributed by atoms with Crippen molar-refractivity contribution >= 4 is 10.0 Å². The molecular formula is C16H25N3O3S. The summed E-state index contributed by atoms with van der Waals surface area (Å²) in [5.74, 6) is 0.864. The van der Waals surface area contributed by atoms with E-state index in [4.69, 9.17) is 4.74 Å². The molecule has 0 amide bonds. The molecule has 6 nitrogen and oxygen atoms in total. The molecule has 0 spiro atoms. The van der Waals surface area contributed by atoms with Gasteiger partial charge in [0.25, 0.3) is 0 Å². The van der Waals surface area contributed by atoms with Crippen LogP contribution < -0.4 is 0 Å². The maximum atomic E-state index is 12.6. The summed E-state index contributed by atoms with van der Waals surface area (Å²) in [5.41, 5.74) is 2.12. The Morgan fingerprint density at radius 3 is 2.74 bits per heavy atom. The van der Waals surface area contributed by atoms with E-state index in [-0.39, 0.29) is 11.2 Å². The van der Waals surface area contributed by atoms with Crippen LogP contribution in [0, 0.1) is 5.92 Å². The summed E-state index contributed by atoms with van der Waals surface area (Å²) in [6.45, 7) is 5.16. The number of rotatable bonds is 7. The van der Waals surface area contributed by atoms with Gasteiger partial charge in [0.05, 0.1) is 30.4 Å². The van der Waals surface area contributed by atoms with Crippen LogP contribution >= 0.6 is 0 Å². The highest BCUT2D eigenvalue weighted by Gasteiger charge is 2.44. The monoisotopic (exact) mass is 339 g/mol. The maximum absolute atomic E-state index is 12.6. The van der Waals surface area contributed by atoms with Crippen LogP contribution in [-0.4, -0.2) is 47.3 Å². The van der Waals surface area contributed by atoms with Gasteiger partial charge in [-0.3, -0.25) is 0 Å². The van der Waals surface area contributed by atoms with Gasteiger partial charge < -0.3 is 9.30 Å². The fraction of sp³-hybridized carbons (Fsp3) is 0.812. The number of sulfonamides is 1. The third-order valence-corrected chi connectivity index (χ3v) is 7.39. The van der Waals surface area contributed by atoms with Crippen molar-refractivity contribution in [3.05, 3.63) is 17.7 Å². The summed E-state index contributed by atoms with van der Waals surface area (Å²) in [5, 5.41) is -0.162. The van der Waals surface area contributed by atoms with Crippen molar-refractivity contribution in [1.82, 2.24) is 13.9 Å². The minimum absolute atomic E-state index is 0.0912. The molecule has 0 radical (unpaired) electrons. The van der Waals surface area contributed by atoms with E-state index in [9.17, 15) is 8.42 Å². The summed E-state index contributed by atoms with van der Waals surface area (Å²) >= 11 is 0. The third-order valence-electron chi connectivity index (χ3n) is 5.08. The summed E-state index contributed by atoms with van der Waals surface area (Å²) < 4.78 is 34.8. The number of nitrogens with zero attached hydrogens (tertiary/aromatic N) is 3. The van der Waals surface area contributed by atoms with Crippen LogP contribution in [0.25, 0.3) is 0 Å². The molecule has 0 N–H and O–H groups in total. The van der Waals surface area contributed by atoms with Gasteiger partial charge in [0.15, 0.2) is 0 Å². The molecule has 1 aromatic heterocycles. The lowest BCUT2D eigenvalue weighted by atomic mass is 10.0. The van der Waals surface area contributed by atoms with Crippen molar-refractivity contribution in [1.29, 1.82) is 0 Å². The van der Waals surface area contributed by atoms with Gasteiger partial charge in [-0.25, -0.2) is 13.4 Å². The van der Waals surface area contributed by atoms with E-state index >= 15 is 0 Å². The van der Waals surface area contributed by atoms with Gasteiger partial charge in [0.1, 0.15) is 0 Å². The Hall–Kier alpha value is -0.920. The van der Waals surface area contributed by atoms with Crippen molar-refractivity contribution in [3.63, 3.8) is 0 Å². The van der Waals surface area contributed by atoms with Crippen molar-refractivity contribution < 1.29 is 13.2 Å². The minimum atomic E-state index is -3.16. The fourth-order valence-corrected chi connectivity index (χ4v) is 5.32. The van der Waals surface area contributed by atoms with Gasteiger partial charge in [-0.2, -0.15) is 4.31 Å². The van der Waals surface area contributed by atoms with Gasteiger partial charge in [-0.1, -0.05) is 0 Å². The summed E-state index contributed by atoms with van der Waals surface area (Å²) in [7, 11) is -3.16. The van der Waals surface area contributed by atoms with Crippen LogP contribution in [0.3, 0.4) is 0 Å². The summed E-state index contributed by atoms with van der Waals surface area (Å²) in [6.07, 6.45) is 6.10. The second kappa shape index (κ2) is 5.86. The molecule has 2 aliphatic carbocycles. The Labute approximate surface area is 137 Å². The second-order valence-electron chi connectivity index (χ2n) is 7.07. The standard InChI is InChI=1S/C16H25N3O3S/c1-2-22-10-13-8-19(23(20,21)14-5-6-14)9-15-16(13)18(11-17-15)7-12-3-4-12/h11-14H,2-10H2,1H3. The zero-order valence-corrected chi connectivity index (χ0v) is 14.5. The summed E-state index contributed by atoms with van der Waals surface area (Å²) in [4.78, 5) is 4.54. The Balaban J connectivity index is 1.61. The number of aromatic nitrogens is 2. The van der Waals surface area contributed by atoms with Crippen LogP contribution in [0.1, 0.15) is 49.9 Å². The first-order valence-corrected chi connectivity index (χ1v) is 10.2. The lowest BCUT2D eigenvalue weighted by Crippen LogP contribution is -2.41. The number of imidazole rings is 1. The van der Waals surface area contributed by atoms with Crippen molar-refractivity contribution in [3.8, 4) is 0 Å². The molecule has 128 valence electrons. The van der Waals surface area contributed by atoms with E-state index in [0.717, 1.165) is 31.0 Å². The van der Waals surface area contributed by atoms with Crippen LogP contribution in [0.5, 0.6) is 0 Å². The minimum Gasteiger partial charge on any atom is -0.381 e. The first-order chi connectivity index (χ1) is 11.1. The number of hydrogen-bond acceptors (Lipinski definition) is 4. The van der Waals surface area contributed by atoms with Gasteiger partial charge in [-0.15, -0.1) is 0 Å². The predicted octanol–water partition coefficient (Wildman–Crippen LogP) is 1.72. The van der Waals surface area contributed by atoms with Crippen molar-refractivity contribution in [2.24, 2.45) is 5.92 Å². The Kier molecular flexibility index (Phi) is 3.98. The highest BCUT2D eigenvalue weighted by atomic mass is 32.2. The van der Waals surface area contributed by atoms with Crippen molar-refractivity contribution in [2.45, 2.75) is 56.9 Å². The van der Waals surface area contributed by atoms with Crippen LogP contribution in [-0.2, 0) is 27.8 Å². The molecule has 4 rings (SSSR count). The zero-order chi connectivity index (χ0) is 16.0. The molecule has 1 aliphatic heterocycles. The lowest BCUT2D eigenvalue weighted by molar-refractivity contribution is 0.118. The predicted molar refractivity (Wildman–Crippen MR) is 86.5 cm³/mol. The van der Waals surface area contributed by atoms with Gasteiger partial charge >= 0.3 is 0 Å². The number of fused-ring (bicyclic) bond motifs is 1. The zero-order valence-electron chi connectivity index (χ0n) is 13.6. The average molecular weight is 339 g/mol. The van der Waals surface area contributed by atoms with E-state index in [0.29, 0.717) is 26.3 Å². The molecule has 7 heteroatoms. The number of ether oxygens (including phenoxy) is 1. The molecule has 0 bridgehead atoms. The largest absolute Gasteiger partial charge is 0.381 e. The highest BCUT2D eigenvalue weighted by molar-refractivity contribution is 7.90. The molecule has 2 saturated carbocycles. The molecule has 2 heterocycles. The molecule has 0 aromatic carbocycles. The molecule has 1 unspecified atom stereocenters. The molecule has 1 aromatic rings. The molecule has 23 heavy (non-hydrogen) atoms. The van der Waals surface area contributed by atoms with Gasteiger partial charge in [0.2, 0.25) is 10.0 Å². The van der Waals surface area contributed by atoms with Gasteiger partial charge in [0, 0.05) is 31.3 Å². The second-order valence-corrected chi connectivity index (χ2v) is 9.28. The van der Waals surface area contributed by atoms with Gasteiger partial charge in [-0.05, 0) is 38.5 Å². The van der Waals surface area contributed by atoms with Crippen LogP contribution in [0.15, 0.2) is 6.33 Å². The fourth-order valence-electron chi connectivity index (χ4n) is 3.48. The van der Waals surface area contributed by atoms with E-state index in [2.05, 4.69) is 9.55 Å². The topological polar surface area (TPSA) is 64.4 Å². The highest BCUT2D eigenvalue weighted by Crippen LogP contribution is 2.38. The molecule has 3 aliphatic rings. The Morgan fingerprint density at radius 1 is 1.30 bits per heavy atom. The molecule has 1 atom stereocenters. The van der Waals surface area contributed by atoms with Crippen LogP contribution in [0.4, 0.5) is 0 Å². The van der Waals surface area contributed by atoms with E-state index < -0.39 is 10.0 Å². The first-order valence-electron chi connectivity index (χ1n) is 8.70. The Morgan fingerprint density at radius 2 is 2.09 bits per heavy atom. The maximum Gasteiger partial charge on any atom is 0.217 e. The number of hydrogen-bond donors (Lipinski definition) is 0. The van der Waals surface area contributed by atoms with E-state index in [1.807, 2.05) is 13.3 Å². The SMILES string of the molecule is CCOCC1CN(S(=O)(=O)C2CC2)Cc2ncn(CC3CC3)c21. The quantitative estimate of drug-likeness (QED) is 0.759. The third kappa shape index (κ3) is 3.06. The lowest BCUT2D eigenvalue weighted by Gasteiger charge is -2.32. The van der Waals surface area contributed by atoms with E-state index in [1.165, 1.54) is 18.5 Å². The molecule has 2 fully saturated rings. The molecular weight excluding hydrogens is 314 g/mol. The average Bonchev–Trinajstić information content (AvgIpc) is 3.42. The molecule has 0 saturated heterocycles. The van der Waals surface area contributed by atoms with Crippen molar-refractivity contribution in [2.75, 3.05) is 19.8 Å².